The van der Waals surface area contributed by atoms with Gasteiger partial charge in [-0.15, -0.1) is 0 Å². The van der Waals surface area contributed by atoms with Crippen LogP contribution in [0, 0.1) is 23.3 Å². The van der Waals surface area contributed by atoms with Gasteiger partial charge in [-0.05, 0) is 58.6 Å². The third-order valence-corrected chi connectivity index (χ3v) is 3.64. The predicted molar refractivity (Wildman–Crippen MR) is 75.8 cm³/mol. The largest absolute Gasteiger partial charge is 0.327 e. The normalized spacial score (nSPS) is 12.5. The van der Waals surface area contributed by atoms with Crippen molar-refractivity contribution in [2.45, 2.75) is 18.9 Å². The molecule has 0 heterocycles. The number of nitrogens with two attached hydrogens (primary N) is 1. The lowest BCUT2D eigenvalue weighted by Crippen LogP contribution is -2.26. The lowest BCUT2D eigenvalue weighted by molar-refractivity contribution is 0.528. The van der Waals surface area contributed by atoms with Gasteiger partial charge in [-0.2, -0.15) is 0 Å². The van der Waals surface area contributed by atoms with E-state index in [-0.39, 0.29) is 22.9 Å². The Morgan fingerprint density at radius 1 is 0.952 bits per heavy atom. The highest BCUT2D eigenvalue weighted by Crippen LogP contribution is 2.23. The van der Waals surface area contributed by atoms with Gasteiger partial charge in [-0.1, -0.05) is 0 Å². The molecule has 0 spiro atoms. The van der Waals surface area contributed by atoms with Gasteiger partial charge >= 0.3 is 0 Å². The number of benzene rings is 2. The van der Waals surface area contributed by atoms with Crippen LogP contribution in [-0.2, 0) is 12.8 Å². The molecule has 2 aromatic rings. The van der Waals surface area contributed by atoms with E-state index in [1.54, 1.807) is 0 Å². The zero-order valence-corrected chi connectivity index (χ0v) is 12.4. The van der Waals surface area contributed by atoms with Crippen LogP contribution in [0.4, 0.5) is 17.6 Å². The molecule has 0 radical (unpaired) electrons. The molecular weight excluding hydrogens is 350 g/mol. The monoisotopic (exact) mass is 361 g/mol. The lowest BCUT2D eigenvalue weighted by Gasteiger charge is -2.14. The van der Waals surface area contributed by atoms with E-state index in [1.807, 2.05) is 0 Å². The Hall–Kier alpha value is -1.40. The van der Waals surface area contributed by atoms with Crippen molar-refractivity contribution in [1.82, 2.24) is 0 Å². The molecule has 1 unspecified atom stereocenters. The third kappa shape index (κ3) is 4.04. The van der Waals surface area contributed by atoms with Gasteiger partial charge in [0.2, 0.25) is 0 Å². The molecule has 21 heavy (non-hydrogen) atoms. The van der Waals surface area contributed by atoms with Crippen LogP contribution in [0.3, 0.4) is 0 Å². The standard InChI is InChI=1S/C15H12BrF4N/c16-13-1-2-14(19)12(15(13)20)7-11(21)5-8-3-9(17)6-10(18)4-8/h1-4,6,11H,5,7,21H2. The molecule has 0 amide bonds. The van der Waals surface area contributed by atoms with Gasteiger partial charge in [0.05, 0.1) is 4.47 Å². The van der Waals surface area contributed by atoms with Gasteiger partial charge in [-0.3, -0.25) is 0 Å². The van der Waals surface area contributed by atoms with Crippen molar-refractivity contribution in [3.63, 3.8) is 0 Å². The van der Waals surface area contributed by atoms with E-state index in [0.717, 1.165) is 24.3 Å². The van der Waals surface area contributed by atoms with Crippen molar-refractivity contribution >= 4 is 15.9 Å². The Labute approximate surface area is 127 Å². The Kier molecular flexibility index (Phi) is 5.00. The van der Waals surface area contributed by atoms with Crippen LogP contribution in [0.25, 0.3) is 0 Å². The van der Waals surface area contributed by atoms with Gasteiger partial charge in [-0.25, -0.2) is 17.6 Å². The molecule has 0 aliphatic carbocycles. The summed E-state index contributed by atoms with van der Waals surface area (Å²) in [4.78, 5) is 0. The number of halogens is 5. The molecule has 0 aliphatic heterocycles. The molecule has 0 aliphatic rings. The minimum absolute atomic E-state index is 0.0742. The topological polar surface area (TPSA) is 26.0 Å². The van der Waals surface area contributed by atoms with Crippen LogP contribution in [0.2, 0.25) is 0 Å². The fraction of sp³-hybridized carbons (Fsp3) is 0.200. The molecule has 0 aromatic heterocycles. The van der Waals surface area contributed by atoms with Gasteiger partial charge in [0.25, 0.3) is 0 Å². The maximum atomic E-state index is 13.8. The third-order valence-electron chi connectivity index (χ3n) is 3.03. The second-order valence-corrected chi connectivity index (χ2v) is 5.62. The van der Waals surface area contributed by atoms with E-state index in [2.05, 4.69) is 15.9 Å². The highest BCUT2D eigenvalue weighted by Gasteiger charge is 2.16. The molecule has 6 heteroatoms. The zero-order valence-electron chi connectivity index (χ0n) is 10.8. The smallest absolute Gasteiger partial charge is 0.143 e. The molecule has 2 N–H and O–H groups in total. The summed E-state index contributed by atoms with van der Waals surface area (Å²) in [7, 11) is 0. The summed E-state index contributed by atoms with van der Waals surface area (Å²) in [6, 6.07) is 4.79. The van der Waals surface area contributed by atoms with Gasteiger partial charge in [0.15, 0.2) is 0 Å². The Morgan fingerprint density at radius 3 is 2.19 bits per heavy atom. The summed E-state index contributed by atoms with van der Waals surface area (Å²) in [6.07, 6.45) is 0.0370. The van der Waals surface area contributed by atoms with Crippen LogP contribution >= 0.6 is 15.9 Å². The van der Waals surface area contributed by atoms with E-state index in [4.69, 9.17) is 5.73 Å². The maximum Gasteiger partial charge on any atom is 0.143 e. The van der Waals surface area contributed by atoms with Crippen LogP contribution in [-0.4, -0.2) is 6.04 Å². The van der Waals surface area contributed by atoms with Crippen LogP contribution in [0.1, 0.15) is 11.1 Å². The quantitative estimate of drug-likeness (QED) is 0.643. The Bertz CT molecular complexity index is 640. The second-order valence-electron chi connectivity index (χ2n) is 4.77. The Balaban J connectivity index is 2.15. The highest BCUT2D eigenvalue weighted by molar-refractivity contribution is 9.10. The highest BCUT2D eigenvalue weighted by atomic mass is 79.9. The molecule has 2 rings (SSSR count). The fourth-order valence-electron chi connectivity index (χ4n) is 2.12. The molecule has 1 nitrogen and oxygen atoms in total. The molecule has 0 saturated heterocycles. The van der Waals surface area contributed by atoms with E-state index >= 15 is 0 Å². The van der Waals surface area contributed by atoms with Crippen molar-refractivity contribution in [3.05, 3.63) is 69.2 Å². The van der Waals surface area contributed by atoms with Gasteiger partial charge in [0, 0.05) is 17.7 Å². The van der Waals surface area contributed by atoms with Crippen molar-refractivity contribution in [2.24, 2.45) is 5.73 Å². The van der Waals surface area contributed by atoms with Gasteiger partial charge < -0.3 is 5.73 Å². The summed E-state index contributed by atoms with van der Waals surface area (Å²) in [5, 5.41) is 0. The number of rotatable bonds is 4. The first-order chi connectivity index (χ1) is 9.86. The molecular formula is C15H12BrF4N. The summed E-state index contributed by atoms with van der Waals surface area (Å²) in [5.74, 6) is -2.83. The minimum atomic E-state index is -0.712. The van der Waals surface area contributed by atoms with Crippen molar-refractivity contribution in [3.8, 4) is 0 Å². The molecule has 2 aromatic carbocycles. The van der Waals surface area contributed by atoms with Crippen LogP contribution in [0.15, 0.2) is 34.8 Å². The Morgan fingerprint density at radius 2 is 1.57 bits per heavy atom. The molecule has 0 fully saturated rings. The van der Waals surface area contributed by atoms with Crippen molar-refractivity contribution < 1.29 is 17.6 Å². The van der Waals surface area contributed by atoms with E-state index < -0.39 is 29.3 Å². The van der Waals surface area contributed by atoms with Gasteiger partial charge in [0.1, 0.15) is 23.3 Å². The number of hydrogen-bond donors (Lipinski definition) is 1. The first-order valence-electron chi connectivity index (χ1n) is 6.19. The average Bonchev–Trinajstić information content (AvgIpc) is 2.38. The summed E-state index contributed by atoms with van der Waals surface area (Å²) in [6.45, 7) is 0. The SMILES string of the molecule is NC(Cc1cc(F)cc(F)c1)Cc1c(F)ccc(Br)c1F. The van der Waals surface area contributed by atoms with Crippen molar-refractivity contribution in [2.75, 3.05) is 0 Å². The first kappa shape index (κ1) is 16.0. The zero-order chi connectivity index (χ0) is 15.6. The summed E-state index contributed by atoms with van der Waals surface area (Å²) < 4.78 is 53.7. The summed E-state index contributed by atoms with van der Waals surface area (Å²) >= 11 is 2.97. The average molecular weight is 362 g/mol. The van der Waals surface area contributed by atoms with Crippen LogP contribution in [0.5, 0.6) is 0 Å². The molecule has 112 valence electrons. The van der Waals surface area contributed by atoms with E-state index in [9.17, 15) is 17.6 Å². The molecule has 0 saturated carbocycles. The first-order valence-corrected chi connectivity index (χ1v) is 6.99. The number of hydrogen-bond acceptors (Lipinski definition) is 1. The second kappa shape index (κ2) is 6.58. The van der Waals surface area contributed by atoms with Crippen molar-refractivity contribution in [1.29, 1.82) is 0 Å². The minimum Gasteiger partial charge on any atom is -0.327 e. The lowest BCUT2D eigenvalue weighted by atomic mass is 9.99. The van der Waals surface area contributed by atoms with E-state index in [0.29, 0.717) is 5.56 Å². The molecule has 1 atom stereocenters. The maximum absolute atomic E-state index is 13.8. The predicted octanol–water partition coefficient (Wildman–Crippen LogP) is 4.12. The fourth-order valence-corrected chi connectivity index (χ4v) is 2.49. The molecule has 0 bridgehead atoms. The van der Waals surface area contributed by atoms with Crippen LogP contribution < -0.4 is 5.73 Å². The summed E-state index contributed by atoms with van der Waals surface area (Å²) in [5.41, 5.74) is 6.03. The van der Waals surface area contributed by atoms with E-state index in [1.165, 1.54) is 6.07 Å².